The van der Waals surface area contributed by atoms with Gasteiger partial charge >= 0.3 is 11.8 Å². The number of rotatable bonds is 5. The number of anilines is 1. The van der Waals surface area contributed by atoms with Crippen molar-refractivity contribution in [1.29, 1.82) is 0 Å². The molecule has 1 amide bonds. The van der Waals surface area contributed by atoms with Crippen molar-refractivity contribution in [3.05, 3.63) is 20.3 Å². The van der Waals surface area contributed by atoms with Crippen LogP contribution < -0.4 is 11.0 Å². The van der Waals surface area contributed by atoms with Crippen LogP contribution in [0.25, 0.3) is 0 Å². The van der Waals surface area contributed by atoms with Gasteiger partial charge in [-0.1, -0.05) is 0 Å². The molecule has 0 saturated carbocycles. The molecule has 1 saturated heterocycles. The van der Waals surface area contributed by atoms with Crippen molar-refractivity contribution < 1.29 is 29.2 Å². The molecule has 0 aromatic carbocycles. The molecule has 3 N–H and O–H groups in total. The zero-order valence-electron chi connectivity index (χ0n) is 13.0. The van der Waals surface area contributed by atoms with E-state index in [1.54, 1.807) is 6.92 Å². The third-order valence-corrected chi connectivity index (χ3v) is 4.19. The number of hydrogen-bond donors (Lipinski definition) is 3. The van der Waals surface area contributed by atoms with Crippen molar-refractivity contribution in [2.75, 3.05) is 25.6 Å². The van der Waals surface area contributed by atoms with Crippen LogP contribution in [0.5, 0.6) is 0 Å². The summed E-state index contributed by atoms with van der Waals surface area (Å²) in [5.74, 6) is 0.0281. The summed E-state index contributed by atoms with van der Waals surface area (Å²) in [6.45, 7) is 1.90. The van der Waals surface area contributed by atoms with Crippen LogP contribution in [0.4, 0.5) is 10.6 Å². The van der Waals surface area contributed by atoms with Gasteiger partial charge in [0.2, 0.25) is 0 Å². The Balaban J connectivity index is 2.14. The number of methoxy groups -OCH3 is 1. The molecule has 24 heavy (non-hydrogen) atoms. The van der Waals surface area contributed by atoms with Crippen molar-refractivity contribution in [3.8, 4) is 0 Å². The van der Waals surface area contributed by atoms with E-state index in [2.05, 4.69) is 10.3 Å². The lowest BCUT2D eigenvalue weighted by Crippen LogP contribution is -2.36. The van der Waals surface area contributed by atoms with Gasteiger partial charge in [-0.05, 0) is 29.5 Å². The summed E-state index contributed by atoms with van der Waals surface area (Å²) in [5, 5.41) is 22.1. The summed E-state index contributed by atoms with van der Waals surface area (Å²) in [5.41, 5.74) is -0.743. The lowest BCUT2D eigenvalue weighted by atomic mass is 10.1. The van der Waals surface area contributed by atoms with Gasteiger partial charge in [0.1, 0.15) is 18.8 Å². The standard InChI is InChI=1S/C13H18IN3O7/c1-6-8(18)9(19)11(24-6)17-5-7(14)10(15-12(17)20)16-13(21)23-4-3-22-2/h5-6,8-9,11,18-19H,3-4H2,1-2H3,(H,15,16,20,21)/t6-,8?,9?,11-/m1/s1. The van der Waals surface area contributed by atoms with Gasteiger partial charge in [0.15, 0.2) is 12.0 Å². The third kappa shape index (κ3) is 4.22. The van der Waals surface area contributed by atoms with E-state index >= 15 is 0 Å². The first kappa shape index (κ1) is 19.1. The molecule has 10 nitrogen and oxygen atoms in total. The Morgan fingerprint density at radius 2 is 2.17 bits per heavy atom. The topological polar surface area (TPSA) is 132 Å². The summed E-state index contributed by atoms with van der Waals surface area (Å²) in [7, 11) is 1.47. The van der Waals surface area contributed by atoms with Gasteiger partial charge in [-0.15, -0.1) is 0 Å². The molecule has 2 unspecified atom stereocenters. The fraction of sp³-hybridized carbons (Fsp3) is 0.615. The monoisotopic (exact) mass is 455 g/mol. The fourth-order valence-corrected chi connectivity index (χ4v) is 2.68. The zero-order valence-corrected chi connectivity index (χ0v) is 15.2. The van der Waals surface area contributed by atoms with Crippen molar-refractivity contribution in [3.63, 3.8) is 0 Å². The normalized spacial score (nSPS) is 26.4. The van der Waals surface area contributed by atoms with Crippen LogP contribution in [-0.4, -0.2) is 64.5 Å². The summed E-state index contributed by atoms with van der Waals surface area (Å²) < 4.78 is 16.5. The number of ether oxygens (including phenoxy) is 3. The van der Waals surface area contributed by atoms with E-state index in [9.17, 15) is 19.8 Å². The molecule has 1 aromatic rings. The van der Waals surface area contributed by atoms with E-state index < -0.39 is 36.3 Å². The quantitative estimate of drug-likeness (QED) is 0.407. The molecule has 2 rings (SSSR count). The maximum Gasteiger partial charge on any atom is 0.412 e. The fourth-order valence-electron chi connectivity index (χ4n) is 2.12. The second-order valence-electron chi connectivity index (χ2n) is 5.09. The lowest BCUT2D eigenvalue weighted by molar-refractivity contribution is -0.0351. The van der Waals surface area contributed by atoms with Crippen LogP contribution in [-0.2, 0) is 14.2 Å². The molecule has 134 valence electrons. The number of hydrogen-bond acceptors (Lipinski definition) is 8. The molecule has 11 heteroatoms. The van der Waals surface area contributed by atoms with E-state index in [0.717, 1.165) is 4.57 Å². The smallest absolute Gasteiger partial charge is 0.412 e. The Morgan fingerprint density at radius 3 is 2.75 bits per heavy atom. The van der Waals surface area contributed by atoms with Gasteiger partial charge in [0.05, 0.1) is 16.3 Å². The predicted molar refractivity (Wildman–Crippen MR) is 89.7 cm³/mol. The Morgan fingerprint density at radius 1 is 1.46 bits per heavy atom. The largest absolute Gasteiger partial charge is 0.447 e. The number of halogens is 1. The van der Waals surface area contributed by atoms with E-state index in [1.165, 1.54) is 13.3 Å². The molecule has 2 heterocycles. The average molecular weight is 455 g/mol. The second kappa shape index (κ2) is 8.20. The summed E-state index contributed by atoms with van der Waals surface area (Å²) >= 11 is 1.87. The van der Waals surface area contributed by atoms with E-state index in [0.29, 0.717) is 3.57 Å². The SMILES string of the molecule is COCCOC(=O)Nc1nc(=O)n([C@@H]2O[C@H](C)C(O)C2O)cc1I. The number of aliphatic hydroxyl groups is 2. The molecule has 0 radical (unpaired) electrons. The Bertz CT molecular complexity index is 653. The molecular weight excluding hydrogens is 437 g/mol. The number of nitrogens with zero attached hydrogens (tertiary/aromatic N) is 2. The minimum atomic E-state index is -1.26. The average Bonchev–Trinajstić information content (AvgIpc) is 2.78. The van der Waals surface area contributed by atoms with E-state index in [-0.39, 0.29) is 19.0 Å². The predicted octanol–water partition coefficient (Wildman–Crippen LogP) is -0.318. The first-order chi connectivity index (χ1) is 11.3. The molecule has 1 aliphatic rings. The summed E-state index contributed by atoms with van der Waals surface area (Å²) in [6, 6.07) is 0. The van der Waals surface area contributed by atoms with Gasteiger partial charge in [-0.3, -0.25) is 9.88 Å². The van der Waals surface area contributed by atoms with Gasteiger partial charge in [-0.2, -0.15) is 4.98 Å². The maximum atomic E-state index is 12.1. The number of amides is 1. The van der Waals surface area contributed by atoms with Crippen molar-refractivity contribution in [1.82, 2.24) is 9.55 Å². The first-order valence-electron chi connectivity index (χ1n) is 7.08. The van der Waals surface area contributed by atoms with Crippen LogP contribution >= 0.6 is 22.6 Å². The van der Waals surface area contributed by atoms with Crippen LogP contribution in [0.3, 0.4) is 0 Å². The zero-order chi connectivity index (χ0) is 17.9. The second-order valence-corrected chi connectivity index (χ2v) is 6.26. The summed E-state index contributed by atoms with van der Waals surface area (Å²) in [6.07, 6.45) is -3.43. The minimum Gasteiger partial charge on any atom is -0.447 e. The minimum absolute atomic E-state index is 0.0281. The Hall–Kier alpha value is -1.28. The van der Waals surface area contributed by atoms with Crippen LogP contribution in [0.1, 0.15) is 13.2 Å². The molecule has 1 fully saturated rings. The van der Waals surface area contributed by atoms with Crippen LogP contribution in [0.15, 0.2) is 11.0 Å². The highest BCUT2D eigenvalue weighted by Crippen LogP contribution is 2.28. The van der Waals surface area contributed by atoms with Gasteiger partial charge in [0, 0.05) is 13.3 Å². The van der Waals surface area contributed by atoms with Crippen LogP contribution in [0.2, 0.25) is 0 Å². The van der Waals surface area contributed by atoms with E-state index in [4.69, 9.17) is 14.2 Å². The van der Waals surface area contributed by atoms with E-state index in [1.807, 2.05) is 22.6 Å². The summed E-state index contributed by atoms with van der Waals surface area (Å²) in [4.78, 5) is 27.5. The number of nitrogens with one attached hydrogen (secondary N) is 1. The number of aliphatic hydroxyl groups excluding tert-OH is 2. The molecule has 0 aliphatic carbocycles. The molecular formula is C13H18IN3O7. The number of carbonyl (C=O) groups excluding carboxylic acids is 1. The van der Waals surface area contributed by atoms with Crippen molar-refractivity contribution >= 4 is 34.5 Å². The third-order valence-electron chi connectivity index (χ3n) is 3.40. The molecule has 0 bridgehead atoms. The van der Waals surface area contributed by atoms with Gasteiger partial charge in [-0.25, -0.2) is 9.59 Å². The van der Waals surface area contributed by atoms with Crippen molar-refractivity contribution in [2.45, 2.75) is 31.5 Å². The molecule has 1 aliphatic heterocycles. The molecule has 0 spiro atoms. The van der Waals surface area contributed by atoms with Crippen LogP contribution in [0, 0.1) is 3.57 Å². The highest BCUT2D eigenvalue weighted by Gasteiger charge is 2.42. The number of carbonyl (C=O) groups is 1. The highest BCUT2D eigenvalue weighted by atomic mass is 127. The Kier molecular flexibility index (Phi) is 6.51. The highest BCUT2D eigenvalue weighted by molar-refractivity contribution is 14.1. The van der Waals surface area contributed by atoms with Crippen molar-refractivity contribution in [2.24, 2.45) is 0 Å². The maximum absolute atomic E-state index is 12.1. The Labute approximate surface area is 150 Å². The molecule has 4 atom stereocenters. The molecule has 1 aromatic heterocycles. The number of aromatic nitrogens is 2. The van der Waals surface area contributed by atoms with Gasteiger partial charge in [0.25, 0.3) is 0 Å². The van der Waals surface area contributed by atoms with Gasteiger partial charge < -0.3 is 24.4 Å². The first-order valence-corrected chi connectivity index (χ1v) is 8.16. The lowest BCUT2D eigenvalue weighted by Gasteiger charge is -2.18.